The van der Waals surface area contributed by atoms with E-state index in [2.05, 4.69) is 34.3 Å². The first-order valence-corrected chi connectivity index (χ1v) is 6.27. The summed E-state index contributed by atoms with van der Waals surface area (Å²) in [6.45, 7) is 0.800. The van der Waals surface area contributed by atoms with Gasteiger partial charge in [0.05, 0.1) is 6.54 Å². The lowest BCUT2D eigenvalue weighted by Crippen LogP contribution is -2.12. The number of benzene rings is 1. The Morgan fingerprint density at radius 1 is 1.47 bits per heavy atom. The highest BCUT2D eigenvalue weighted by Gasteiger charge is 2.22. The number of hydrogen-bond acceptors (Lipinski definition) is 4. The van der Waals surface area contributed by atoms with E-state index in [-0.39, 0.29) is 5.82 Å². The molecule has 0 saturated heterocycles. The fourth-order valence-corrected chi connectivity index (χ4v) is 3.31. The van der Waals surface area contributed by atoms with Crippen LogP contribution in [0.15, 0.2) is 35.5 Å². The zero-order valence-electron chi connectivity index (χ0n) is 9.08. The minimum Gasteiger partial charge on any atom is -0.250 e. The summed E-state index contributed by atoms with van der Waals surface area (Å²) in [6, 6.07) is 10.4. The van der Waals surface area contributed by atoms with Gasteiger partial charge in [0.1, 0.15) is 12.4 Å². The summed E-state index contributed by atoms with van der Waals surface area (Å²) in [4.78, 5) is 5.27. The molecule has 1 aliphatic rings. The first-order valence-electron chi connectivity index (χ1n) is 5.39. The highest BCUT2D eigenvalue weighted by atomic mass is 32.2. The lowest BCUT2D eigenvalue weighted by Gasteiger charge is -2.06. The second kappa shape index (κ2) is 4.22. The van der Waals surface area contributed by atoms with Crippen LogP contribution in [0, 0.1) is 11.3 Å². The van der Waals surface area contributed by atoms with E-state index in [4.69, 9.17) is 5.26 Å². The van der Waals surface area contributed by atoms with Crippen LogP contribution in [0.3, 0.4) is 0 Å². The first-order chi connectivity index (χ1) is 8.35. The highest BCUT2D eigenvalue weighted by molar-refractivity contribution is 8.00. The Kier molecular flexibility index (Phi) is 2.57. The number of rotatable bonds is 2. The van der Waals surface area contributed by atoms with Crippen LogP contribution in [0.4, 0.5) is 0 Å². The van der Waals surface area contributed by atoms with Gasteiger partial charge < -0.3 is 0 Å². The van der Waals surface area contributed by atoms with E-state index in [1.165, 1.54) is 10.5 Å². The van der Waals surface area contributed by atoms with E-state index in [0.29, 0.717) is 5.25 Å². The largest absolute Gasteiger partial charge is 0.252 e. The van der Waals surface area contributed by atoms with Gasteiger partial charge in [0, 0.05) is 10.1 Å². The molecule has 17 heavy (non-hydrogen) atoms. The second-order valence-electron chi connectivity index (χ2n) is 3.95. The zero-order valence-corrected chi connectivity index (χ0v) is 9.89. The molecule has 2 heterocycles. The van der Waals surface area contributed by atoms with Gasteiger partial charge >= 0.3 is 0 Å². The second-order valence-corrected chi connectivity index (χ2v) is 5.30. The Hall–Kier alpha value is -1.80. The van der Waals surface area contributed by atoms with Crippen molar-refractivity contribution in [3.8, 4) is 6.07 Å². The SMILES string of the molecule is N#Cc1ncn(CC2Cc3ccccc3S2)n1. The van der Waals surface area contributed by atoms with Gasteiger partial charge in [-0.3, -0.25) is 4.68 Å². The Labute approximate surface area is 103 Å². The third kappa shape index (κ3) is 2.04. The average molecular weight is 242 g/mol. The van der Waals surface area contributed by atoms with E-state index in [1.54, 1.807) is 11.0 Å². The topological polar surface area (TPSA) is 54.5 Å². The van der Waals surface area contributed by atoms with E-state index in [1.807, 2.05) is 17.8 Å². The van der Waals surface area contributed by atoms with Crippen LogP contribution in [0.5, 0.6) is 0 Å². The molecule has 0 fully saturated rings. The molecule has 0 radical (unpaired) electrons. The molecule has 0 N–H and O–H groups in total. The smallest absolute Gasteiger partial charge is 0.250 e. The van der Waals surface area contributed by atoms with Gasteiger partial charge in [-0.1, -0.05) is 18.2 Å². The minimum absolute atomic E-state index is 0.241. The number of nitrogens with zero attached hydrogens (tertiary/aromatic N) is 4. The molecule has 84 valence electrons. The van der Waals surface area contributed by atoms with Gasteiger partial charge in [-0.05, 0) is 18.1 Å². The third-order valence-electron chi connectivity index (χ3n) is 2.74. The standard InChI is InChI=1S/C12H10N4S/c13-6-12-14-8-16(15-12)7-10-5-9-3-1-2-4-11(9)17-10/h1-4,8,10H,5,7H2. The molecule has 0 aliphatic carbocycles. The molecule has 1 aliphatic heterocycles. The van der Waals surface area contributed by atoms with Crippen molar-refractivity contribution in [3.05, 3.63) is 42.0 Å². The highest BCUT2D eigenvalue weighted by Crippen LogP contribution is 2.37. The number of fused-ring (bicyclic) bond motifs is 1. The maximum atomic E-state index is 8.66. The van der Waals surface area contributed by atoms with E-state index in [0.717, 1.165) is 13.0 Å². The molecular formula is C12H10N4S. The summed E-state index contributed by atoms with van der Waals surface area (Å²) >= 11 is 1.88. The summed E-state index contributed by atoms with van der Waals surface area (Å²) in [5.74, 6) is 0.241. The Bertz CT molecular complexity index is 559. The van der Waals surface area contributed by atoms with Crippen molar-refractivity contribution >= 4 is 11.8 Å². The van der Waals surface area contributed by atoms with Gasteiger partial charge in [-0.2, -0.15) is 5.26 Å². The van der Waals surface area contributed by atoms with Gasteiger partial charge in [-0.25, -0.2) is 4.98 Å². The van der Waals surface area contributed by atoms with Crippen LogP contribution in [-0.2, 0) is 13.0 Å². The molecule has 0 saturated carbocycles. The van der Waals surface area contributed by atoms with Crippen LogP contribution in [0.2, 0.25) is 0 Å². The molecule has 4 nitrogen and oxygen atoms in total. The van der Waals surface area contributed by atoms with Crippen molar-refractivity contribution in [1.29, 1.82) is 5.26 Å². The minimum atomic E-state index is 0.241. The fourth-order valence-electron chi connectivity index (χ4n) is 2.00. The number of thioether (sulfide) groups is 1. The van der Waals surface area contributed by atoms with Crippen LogP contribution in [0.25, 0.3) is 0 Å². The predicted molar refractivity (Wildman–Crippen MR) is 64.5 cm³/mol. The lowest BCUT2D eigenvalue weighted by atomic mass is 10.1. The molecule has 1 atom stereocenters. The maximum Gasteiger partial charge on any atom is 0.252 e. The Morgan fingerprint density at radius 2 is 2.35 bits per heavy atom. The summed E-state index contributed by atoms with van der Waals surface area (Å²) in [7, 11) is 0. The van der Waals surface area contributed by atoms with Crippen LogP contribution in [-0.4, -0.2) is 20.0 Å². The quantitative estimate of drug-likeness (QED) is 0.806. The van der Waals surface area contributed by atoms with Crippen molar-refractivity contribution in [3.63, 3.8) is 0 Å². The van der Waals surface area contributed by atoms with Gasteiger partial charge in [0.15, 0.2) is 0 Å². The van der Waals surface area contributed by atoms with Gasteiger partial charge in [-0.15, -0.1) is 16.9 Å². The lowest BCUT2D eigenvalue weighted by molar-refractivity contribution is 0.592. The molecule has 0 spiro atoms. The summed E-state index contributed by atoms with van der Waals surface area (Å²) in [6.07, 6.45) is 2.69. The van der Waals surface area contributed by atoms with Crippen LogP contribution in [0.1, 0.15) is 11.4 Å². The van der Waals surface area contributed by atoms with E-state index < -0.39 is 0 Å². The number of aromatic nitrogens is 3. The van der Waals surface area contributed by atoms with Crippen molar-refractivity contribution in [2.45, 2.75) is 23.1 Å². The average Bonchev–Trinajstić information content (AvgIpc) is 2.94. The zero-order chi connectivity index (χ0) is 11.7. The van der Waals surface area contributed by atoms with Crippen molar-refractivity contribution in [2.75, 3.05) is 0 Å². The molecule has 5 heteroatoms. The molecule has 2 aromatic rings. The Balaban J connectivity index is 1.72. The molecule has 1 unspecified atom stereocenters. The molecule has 0 amide bonds. The van der Waals surface area contributed by atoms with Gasteiger partial charge in [0.2, 0.25) is 0 Å². The van der Waals surface area contributed by atoms with E-state index >= 15 is 0 Å². The normalized spacial score (nSPS) is 17.7. The predicted octanol–water partition coefficient (Wildman–Crippen LogP) is 1.87. The maximum absolute atomic E-state index is 8.66. The fraction of sp³-hybridized carbons (Fsp3) is 0.250. The Morgan fingerprint density at radius 3 is 3.12 bits per heavy atom. The van der Waals surface area contributed by atoms with Gasteiger partial charge in [0.25, 0.3) is 5.82 Å². The molecular weight excluding hydrogens is 232 g/mol. The van der Waals surface area contributed by atoms with Crippen LogP contribution < -0.4 is 0 Å². The molecule has 1 aromatic heterocycles. The number of nitriles is 1. The third-order valence-corrected chi connectivity index (χ3v) is 4.04. The first kappa shape index (κ1) is 10.4. The van der Waals surface area contributed by atoms with Crippen LogP contribution >= 0.6 is 11.8 Å². The van der Waals surface area contributed by atoms with Crippen molar-refractivity contribution in [2.24, 2.45) is 0 Å². The summed E-state index contributed by atoms with van der Waals surface area (Å²) < 4.78 is 1.75. The monoisotopic (exact) mass is 242 g/mol. The molecule has 3 rings (SSSR count). The van der Waals surface area contributed by atoms with Crippen molar-refractivity contribution < 1.29 is 0 Å². The summed E-state index contributed by atoms with van der Waals surface area (Å²) in [5, 5.41) is 13.2. The number of hydrogen-bond donors (Lipinski definition) is 0. The van der Waals surface area contributed by atoms with E-state index in [9.17, 15) is 0 Å². The molecule has 1 aromatic carbocycles. The summed E-state index contributed by atoms with van der Waals surface area (Å²) in [5.41, 5.74) is 1.41. The molecule has 0 bridgehead atoms. The van der Waals surface area contributed by atoms with Crippen molar-refractivity contribution in [1.82, 2.24) is 14.8 Å².